The minimum absolute atomic E-state index is 0.0525. The molecule has 0 spiro atoms. The molecule has 0 aliphatic heterocycles. The molecule has 0 aliphatic rings. The maximum atomic E-state index is 11.7. The van der Waals surface area contributed by atoms with Gasteiger partial charge in [0, 0.05) is 24.1 Å². The first kappa shape index (κ1) is 11.7. The minimum Gasteiger partial charge on any atom is -0.497 e. The van der Waals surface area contributed by atoms with Crippen molar-refractivity contribution in [1.82, 2.24) is 4.57 Å². The molecule has 2 aromatic rings. The van der Waals surface area contributed by atoms with Crippen molar-refractivity contribution in [3.8, 4) is 5.75 Å². The highest BCUT2D eigenvalue weighted by Crippen LogP contribution is 2.25. The number of aryl methyl sites for hydroxylation is 1. The standard InChI is InChI=1S/C14H17NO2/c1-4-5-12-8-11-6-7-13(17-3)9-14(11)15(12)10(2)16/h6-9H,4-5H2,1-3H3. The molecule has 0 unspecified atom stereocenters. The highest BCUT2D eigenvalue weighted by atomic mass is 16.5. The van der Waals surface area contributed by atoms with E-state index in [1.807, 2.05) is 18.2 Å². The molecule has 1 aromatic heterocycles. The zero-order chi connectivity index (χ0) is 12.4. The predicted octanol–water partition coefficient (Wildman–Crippen LogP) is 3.26. The Balaban J connectivity index is 2.68. The van der Waals surface area contributed by atoms with E-state index in [4.69, 9.17) is 4.74 Å². The Kier molecular flexibility index (Phi) is 3.18. The van der Waals surface area contributed by atoms with Gasteiger partial charge in [0.25, 0.3) is 0 Å². The topological polar surface area (TPSA) is 31.2 Å². The van der Waals surface area contributed by atoms with Crippen molar-refractivity contribution in [3.63, 3.8) is 0 Å². The van der Waals surface area contributed by atoms with E-state index >= 15 is 0 Å². The molecule has 1 heterocycles. The van der Waals surface area contributed by atoms with E-state index < -0.39 is 0 Å². The Morgan fingerprint density at radius 1 is 1.35 bits per heavy atom. The van der Waals surface area contributed by atoms with E-state index in [-0.39, 0.29) is 5.91 Å². The number of rotatable bonds is 3. The summed E-state index contributed by atoms with van der Waals surface area (Å²) >= 11 is 0. The van der Waals surface area contributed by atoms with Crippen molar-refractivity contribution < 1.29 is 9.53 Å². The van der Waals surface area contributed by atoms with Crippen molar-refractivity contribution in [3.05, 3.63) is 30.0 Å². The Morgan fingerprint density at radius 3 is 2.71 bits per heavy atom. The van der Waals surface area contributed by atoms with Crippen LogP contribution in [0.4, 0.5) is 0 Å². The van der Waals surface area contributed by atoms with Gasteiger partial charge in [-0.05, 0) is 24.6 Å². The molecular weight excluding hydrogens is 214 g/mol. The fourth-order valence-electron chi connectivity index (χ4n) is 2.18. The monoisotopic (exact) mass is 231 g/mol. The second-order valence-electron chi connectivity index (χ2n) is 4.16. The van der Waals surface area contributed by atoms with Crippen molar-refractivity contribution in [2.45, 2.75) is 26.7 Å². The van der Waals surface area contributed by atoms with Crippen LogP contribution >= 0.6 is 0 Å². The molecule has 1 aromatic carbocycles. The van der Waals surface area contributed by atoms with E-state index in [9.17, 15) is 4.79 Å². The summed E-state index contributed by atoms with van der Waals surface area (Å²) in [6.07, 6.45) is 1.94. The largest absolute Gasteiger partial charge is 0.497 e. The van der Waals surface area contributed by atoms with Crippen LogP contribution in [0.5, 0.6) is 5.75 Å². The van der Waals surface area contributed by atoms with Gasteiger partial charge >= 0.3 is 0 Å². The first-order valence-corrected chi connectivity index (χ1v) is 5.86. The van der Waals surface area contributed by atoms with Gasteiger partial charge in [0.2, 0.25) is 5.91 Å². The first-order valence-electron chi connectivity index (χ1n) is 5.86. The highest BCUT2D eigenvalue weighted by molar-refractivity contribution is 5.93. The second-order valence-corrected chi connectivity index (χ2v) is 4.16. The van der Waals surface area contributed by atoms with Crippen LogP contribution in [-0.4, -0.2) is 17.6 Å². The highest BCUT2D eigenvalue weighted by Gasteiger charge is 2.11. The average Bonchev–Trinajstić information content (AvgIpc) is 2.66. The van der Waals surface area contributed by atoms with Gasteiger partial charge in [-0.25, -0.2) is 0 Å². The molecule has 0 N–H and O–H groups in total. The predicted molar refractivity (Wildman–Crippen MR) is 68.8 cm³/mol. The van der Waals surface area contributed by atoms with Crippen LogP contribution in [0, 0.1) is 0 Å². The van der Waals surface area contributed by atoms with Gasteiger partial charge < -0.3 is 4.74 Å². The number of methoxy groups -OCH3 is 1. The summed E-state index contributed by atoms with van der Waals surface area (Å²) in [5.74, 6) is 0.831. The van der Waals surface area contributed by atoms with Crippen molar-refractivity contribution in [1.29, 1.82) is 0 Å². The van der Waals surface area contributed by atoms with Gasteiger partial charge in [0.15, 0.2) is 0 Å². The van der Waals surface area contributed by atoms with Crippen LogP contribution in [0.15, 0.2) is 24.3 Å². The molecule has 3 heteroatoms. The molecule has 0 amide bonds. The number of fused-ring (bicyclic) bond motifs is 1. The zero-order valence-electron chi connectivity index (χ0n) is 10.5. The number of benzene rings is 1. The Morgan fingerprint density at radius 2 is 2.12 bits per heavy atom. The van der Waals surface area contributed by atoms with E-state index in [2.05, 4.69) is 13.0 Å². The number of hydrogen-bond acceptors (Lipinski definition) is 2. The van der Waals surface area contributed by atoms with E-state index in [0.717, 1.165) is 35.2 Å². The SMILES string of the molecule is CCCc1cc2ccc(OC)cc2n1C(C)=O. The van der Waals surface area contributed by atoms with Crippen molar-refractivity contribution >= 4 is 16.8 Å². The lowest BCUT2D eigenvalue weighted by Gasteiger charge is -2.06. The maximum Gasteiger partial charge on any atom is 0.228 e. The van der Waals surface area contributed by atoms with Crippen LogP contribution in [0.1, 0.15) is 30.8 Å². The lowest BCUT2D eigenvalue weighted by molar-refractivity contribution is 0.0939. The molecule has 0 bridgehead atoms. The molecule has 0 atom stereocenters. The fraction of sp³-hybridized carbons (Fsp3) is 0.357. The number of nitrogens with zero attached hydrogens (tertiary/aromatic N) is 1. The van der Waals surface area contributed by atoms with Crippen LogP contribution in [0.25, 0.3) is 10.9 Å². The maximum absolute atomic E-state index is 11.7. The van der Waals surface area contributed by atoms with Crippen LogP contribution in [0.3, 0.4) is 0 Å². The normalized spacial score (nSPS) is 10.8. The molecule has 0 aliphatic carbocycles. The summed E-state index contributed by atoms with van der Waals surface area (Å²) in [4.78, 5) is 11.7. The summed E-state index contributed by atoms with van der Waals surface area (Å²) in [7, 11) is 1.63. The van der Waals surface area contributed by atoms with Crippen LogP contribution < -0.4 is 4.74 Å². The van der Waals surface area contributed by atoms with Gasteiger partial charge in [-0.2, -0.15) is 0 Å². The summed E-state index contributed by atoms with van der Waals surface area (Å²) in [5.41, 5.74) is 2.00. The molecule has 3 nitrogen and oxygen atoms in total. The van der Waals surface area contributed by atoms with Crippen molar-refractivity contribution in [2.75, 3.05) is 7.11 Å². The van der Waals surface area contributed by atoms with Crippen LogP contribution in [-0.2, 0) is 6.42 Å². The summed E-state index contributed by atoms with van der Waals surface area (Å²) in [6.45, 7) is 3.71. The quantitative estimate of drug-likeness (QED) is 0.811. The first-order chi connectivity index (χ1) is 8.17. The zero-order valence-corrected chi connectivity index (χ0v) is 10.5. The fourth-order valence-corrected chi connectivity index (χ4v) is 2.18. The molecule has 0 fully saturated rings. The second kappa shape index (κ2) is 4.62. The molecule has 0 saturated heterocycles. The third-order valence-corrected chi connectivity index (χ3v) is 2.91. The van der Waals surface area contributed by atoms with E-state index in [1.54, 1.807) is 18.6 Å². The summed E-state index contributed by atoms with van der Waals surface area (Å²) in [5, 5.41) is 1.09. The van der Waals surface area contributed by atoms with Crippen molar-refractivity contribution in [2.24, 2.45) is 0 Å². The molecule has 0 saturated carbocycles. The molecule has 17 heavy (non-hydrogen) atoms. The summed E-state index contributed by atoms with van der Waals surface area (Å²) in [6, 6.07) is 7.91. The number of aromatic nitrogens is 1. The molecular formula is C14H17NO2. The van der Waals surface area contributed by atoms with Gasteiger partial charge in [-0.15, -0.1) is 0 Å². The molecule has 2 rings (SSSR count). The van der Waals surface area contributed by atoms with Gasteiger partial charge in [0.1, 0.15) is 5.75 Å². The van der Waals surface area contributed by atoms with Gasteiger partial charge in [-0.1, -0.05) is 13.3 Å². The molecule has 0 radical (unpaired) electrons. The summed E-state index contributed by atoms with van der Waals surface area (Å²) < 4.78 is 6.98. The van der Waals surface area contributed by atoms with Gasteiger partial charge in [0.05, 0.1) is 12.6 Å². The Hall–Kier alpha value is -1.77. The number of carbonyl (C=O) groups excluding carboxylic acids is 1. The van der Waals surface area contributed by atoms with Gasteiger partial charge in [-0.3, -0.25) is 9.36 Å². The van der Waals surface area contributed by atoms with E-state index in [0.29, 0.717) is 0 Å². The van der Waals surface area contributed by atoms with E-state index in [1.165, 1.54) is 0 Å². The minimum atomic E-state index is 0.0525. The molecule has 90 valence electrons. The number of carbonyl (C=O) groups is 1. The smallest absolute Gasteiger partial charge is 0.228 e. The third kappa shape index (κ3) is 2.05. The number of hydrogen-bond donors (Lipinski definition) is 0. The van der Waals surface area contributed by atoms with Crippen LogP contribution in [0.2, 0.25) is 0 Å². The lowest BCUT2D eigenvalue weighted by Crippen LogP contribution is -2.09. The Bertz CT molecular complexity index is 555. The number of ether oxygens (including phenoxy) is 1. The Labute approximate surface area is 101 Å². The third-order valence-electron chi connectivity index (χ3n) is 2.91. The lowest BCUT2D eigenvalue weighted by atomic mass is 10.2. The average molecular weight is 231 g/mol.